The molecular formula is C6H19N. The van der Waals surface area contributed by atoms with Crippen LogP contribution in [0.4, 0.5) is 0 Å². The van der Waals surface area contributed by atoms with Crippen molar-refractivity contribution in [3.8, 4) is 0 Å². The summed E-state index contributed by atoms with van der Waals surface area (Å²) in [5.74, 6) is 0. The van der Waals surface area contributed by atoms with Crippen LogP contribution in [-0.2, 0) is 0 Å². The molecule has 1 heteroatoms. The van der Waals surface area contributed by atoms with Crippen molar-refractivity contribution in [3.05, 3.63) is 0 Å². The Hall–Kier alpha value is -0.0400. The SMILES string of the molecule is C.C.CCN(C)C. The summed E-state index contributed by atoms with van der Waals surface area (Å²) in [6.07, 6.45) is 0. The van der Waals surface area contributed by atoms with Crippen LogP contribution in [0.25, 0.3) is 0 Å². The van der Waals surface area contributed by atoms with E-state index in [4.69, 9.17) is 0 Å². The maximum Gasteiger partial charge on any atom is -0.00533 e. The maximum atomic E-state index is 2.12. The fraction of sp³-hybridized carbons (Fsp3) is 1.00. The fourth-order valence-electron chi connectivity index (χ4n) is 0. The van der Waals surface area contributed by atoms with Gasteiger partial charge in [-0.25, -0.2) is 0 Å². The summed E-state index contributed by atoms with van der Waals surface area (Å²) >= 11 is 0. The zero-order chi connectivity index (χ0) is 4.28. The van der Waals surface area contributed by atoms with Gasteiger partial charge < -0.3 is 4.90 Å². The number of rotatable bonds is 1. The molecular weight excluding hydrogens is 86.1 g/mol. The van der Waals surface area contributed by atoms with E-state index in [9.17, 15) is 0 Å². The highest BCUT2D eigenvalue weighted by Crippen LogP contribution is 1.63. The summed E-state index contributed by atoms with van der Waals surface area (Å²) < 4.78 is 0. The first-order valence-electron chi connectivity index (χ1n) is 1.92. The minimum atomic E-state index is 0. The van der Waals surface area contributed by atoms with Crippen LogP contribution >= 0.6 is 0 Å². The van der Waals surface area contributed by atoms with Gasteiger partial charge in [-0.05, 0) is 20.6 Å². The molecule has 0 N–H and O–H groups in total. The van der Waals surface area contributed by atoms with E-state index in [1.165, 1.54) is 0 Å². The molecule has 0 saturated heterocycles. The first-order valence-corrected chi connectivity index (χ1v) is 1.92. The topological polar surface area (TPSA) is 3.24 Å². The van der Waals surface area contributed by atoms with Crippen LogP contribution in [0, 0.1) is 0 Å². The maximum absolute atomic E-state index is 2.12. The summed E-state index contributed by atoms with van der Waals surface area (Å²) in [6, 6.07) is 0. The summed E-state index contributed by atoms with van der Waals surface area (Å²) in [4.78, 5) is 2.12. The van der Waals surface area contributed by atoms with Gasteiger partial charge in [0.2, 0.25) is 0 Å². The van der Waals surface area contributed by atoms with Crippen LogP contribution in [0.3, 0.4) is 0 Å². The molecule has 0 unspecified atom stereocenters. The molecule has 0 spiro atoms. The highest BCUT2D eigenvalue weighted by molar-refractivity contribution is 4.25. The van der Waals surface area contributed by atoms with Gasteiger partial charge in [0.15, 0.2) is 0 Å². The summed E-state index contributed by atoms with van der Waals surface area (Å²) in [5, 5.41) is 0. The van der Waals surface area contributed by atoms with Crippen LogP contribution in [0.2, 0.25) is 0 Å². The van der Waals surface area contributed by atoms with Gasteiger partial charge in [0.1, 0.15) is 0 Å². The lowest BCUT2D eigenvalue weighted by atomic mass is 10.7. The van der Waals surface area contributed by atoms with Crippen molar-refractivity contribution >= 4 is 0 Å². The molecule has 1 nitrogen and oxygen atoms in total. The fourth-order valence-corrected chi connectivity index (χ4v) is 0. The summed E-state index contributed by atoms with van der Waals surface area (Å²) in [5.41, 5.74) is 0. The molecule has 0 aromatic rings. The zero-order valence-corrected chi connectivity index (χ0v) is 4.15. The van der Waals surface area contributed by atoms with Gasteiger partial charge >= 0.3 is 0 Å². The van der Waals surface area contributed by atoms with Gasteiger partial charge in [0.25, 0.3) is 0 Å². The van der Waals surface area contributed by atoms with E-state index in [0.717, 1.165) is 6.54 Å². The van der Waals surface area contributed by atoms with E-state index in [1.807, 2.05) is 0 Å². The quantitative estimate of drug-likeness (QED) is 0.492. The molecule has 0 aromatic heterocycles. The standard InChI is InChI=1S/C4H11N.2CH4/c1-4-5(2)3;;/h4H2,1-3H3;2*1H4. The molecule has 0 amide bonds. The van der Waals surface area contributed by atoms with E-state index in [-0.39, 0.29) is 14.9 Å². The normalized spacial score (nSPS) is 6.86. The van der Waals surface area contributed by atoms with Gasteiger partial charge in [-0.3, -0.25) is 0 Å². The van der Waals surface area contributed by atoms with Crippen molar-refractivity contribution in [2.24, 2.45) is 0 Å². The average molecular weight is 105 g/mol. The monoisotopic (exact) mass is 105 g/mol. The predicted octanol–water partition coefficient (Wildman–Crippen LogP) is 1.84. The lowest BCUT2D eigenvalue weighted by molar-refractivity contribution is 0.434. The third-order valence-corrected chi connectivity index (χ3v) is 0.632. The Kier molecular flexibility index (Phi) is 21.1. The van der Waals surface area contributed by atoms with Gasteiger partial charge in [-0.1, -0.05) is 21.8 Å². The van der Waals surface area contributed by atoms with E-state index in [2.05, 4.69) is 25.9 Å². The molecule has 0 radical (unpaired) electrons. The first-order chi connectivity index (χ1) is 2.27. The molecule has 0 aliphatic heterocycles. The predicted molar refractivity (Wildman–Crippen MR) is 37.7 cm³/mol. The highest BCUT2D eigenvalue weighted by Gasteiger charge is 1.72. The van der Waals surface area contributed by atoms with Crippen LogP contribution in [0.5, 0.6) is 0 Å². The van der Waals surface area contributed by atoms with Crippen LogP contribution in [0.1, 0.15) is 21.8 Å². The highest BCUT2D eigenvalue weighted by atomic mass is 15.0. The Balaban J connectivity index is -0.0000000800. The molecule has 0 aliphatic rings. The minimum absolute atomic E-state index is 0. The lowest BCUT2D eigenvalue weighted by Gasteiger charge is -2.00. The van der Waals surface area contributed by atoms with Crippen LogP contribution in [-0.4, -0.2) is 25.5 Å². The molecule has 0 aliphatic carbocycles. The van der Waals surface area contributed by atoms with Gasteiger partial charge in [0, 0.05) is 0 Å². The number of hydrogen-bond donors (Lipinski definition) is 0. The van der Waals surface area contributed by atoms with Crippen LogP contribution in [0.15, 0.2) is 0 Å². The molecule has 0 rings (SSSR count). The minimum Gasteiger partial charge on any atom is -0.310 e. The van der Waals surface area contributed by atoms with E-state index < -0.39 is 0 Å². The van der Waals surface area contributed by atoms with Crippen molar-refractivity contribution in [3.63, 3.8) is 0 Å². The lowest BCUT2D eigenvalue weighted by Crippen LogP contribution is -2.08. The van der Waals surface area contributed by atoms with Gasteiger partial charge in [0.05, 0.1) is 0 Å². The third-order valence-electron chi connectivity index (χ3n) is 0.632. The van der Waals surface area contributed by atoms with Gasteiger partial charge in [-0.15, -0.1) is 0 Å². The first kappa shape index (κ1) is 15.8. The van der Waals surface area contributed by atoms with E-state index >= 15 is 0 Å². The van der Waals surface area contributed by atoms with Crippen molar-refractivity contribution < 1.29 is 0 Å². The third kappa shape index (κ3) is 24.3. The number of hydrogen-bond acceptors (Lipinski definition) is 1. The van der Waals surface area contributed by atoms with Gasteiger partial charge in [-0.2, -0.15) is 0 Å². The van der Waals surface area contributed by atoms with E-state index in [0.29, 0.717) is 0 Å². The van der Waals surface area contributed by atoms with Crippen LogP contribution < -0.4 is 0 Å². The summed E-state index contributed by atoms with van der Waals surface area (Å²) in [7, 11) is 4.11. The molecule has 48 valence electrons. The Morgan fingerprint density at radius 1 is 1.14 bits per heavy atom. The van der Waals surface area contributed by atoms with Crippen molar-refractivity contribution in [1.82, 2.24) is 4.90 Å². The molecule has 0 heterocycles. The second-order valence-corrected chi connectivity index (χ2v) is 1.40. The number of nitrogens with zero attached hydrogens (tertiary/aromatic N) is 1. The molecule has 7 heavy (non-hydrogen) atoms. The Morgan fingerprint density at radius 2 is 1.29 bits per heavy atom. The molecule has 0 atom stereocenters. The zero-order valence-electron chi connectivity index (χ0n) is 4.15. The van der Waals surface area contributed by atoms with Crippen molar-refractivity contribution in [1.29, 1.82) is 0 Å². The smallest absolute Gasteiger partial charge is 0.00533 e. The average Bonchev–Trinajstić information content (AvgIpc) is 1.38. The summed E-state index contributed by atoms with van der Waals surface area (Å²) in [6.45, 7) is 3.26. The second-order valence-electron chi connectivity index (χ2n) is 1.40. The van der Waals surface area contributed by atoms with Crippen molar-refractivity contribution in [2.75, 3.05) is 20.6 Å². The Morgan fingerprint density at radius 3 is 1.29 bits per heavy atom. The Labute approximate surface area is 48.3 Å². The second kappa shape index (κ2) is 9.35. The molecule has 0 saturated carbocycles. The van der Waals surface area contributed by atoms with Crippen molar-refractivity contribution in [2.45, 2.75) is 21.8 Å². The molecule has 0 aromatic carbocycles. The Bertz CT molecular complexity index is 18.1. The molecule has 0 bridgehead atoms. The largest absolute Gasteiger partial charge is 0.310 e. The van der Waals surface area contributed by atoms with E-state index in [1.54, 1.807) is 0 Å². The molecule has 0 fully saturated rings.